The van der Waals surface area contributed by atoms with E-state index in [1.807, 2.05) is 24.3 Å². The van der Waals surface area contributed by atoms with E-state index < -0.39 is 10.0 Å². The summed E-state index contributed by atoms with van der Waals surface area (Å²) in [6.45, 7) is 0.813. The van der Waals surface area contributed by atoms with Gasteiger partial charge in [0, 0.05) is 12.5 Å². The lowest BCUT2D eigenvalue weighted by Crippen LogP contribution is -2.35. The molecule has 0 N–H and O–H groups in total. The van der Waals surface area contributed by atoms with Crippen molar-refractivity contribution in [3.8, 4) is 5.75 Å². The van der Waals surface area contributed by atoms with Gasteiger partial charge in [0.25, 0.3) is 10.0 Å². The predicted molar refractivity (Wildman–Crippen MR) is 115 cm³/mol. The minimum atomic E-state index is -3.71. The van der Waals surface area contributed by atoms with E-state index in [4.69, 9.17) is 4.74 Å². The second kappa shape index (κ2) is 7.56. The second-order valence-corrected chi connectivity index (χ2v) is 9.20. The normalized spacial score (nSPS) is 14.4. The van der Waals surface area contributed by atoms with Gasteiger partial charge in [0.1, 0.15) is 11.6 Å². The van der Waals surface area contributed by atoms with Crippen LogP contribution in [-0.4, -0.2) is 38.8 Å². The average Bonchev–Trinajstić information content (AvgIpc) is 3.17. The second-order valence-electron chi connectivity index (χ2n) is 6.49. The van der Waals surface area contributed by atoms with Gasteiger partial charge in [-0.3, -0.25) is 9.30 Å². The van der Waals surface area contributed by atoms with E-state index in [0.717, 1.165) is 16.3 Å². The number of amidine groups is 1. The molecule has 7 heteroatoms. The van der Waals surface area contributed by atoms with Crippen molar-refractivity contribution in [3.63, 3.8) is 0 Å². The number of methoxy groups -OCH3 is 1. The van der Waals surface area contributed by atoms with E-state index in [1.165, 1.54) is 17.5 Å². The molecule has 28 heavy (non-hydrogen) atoms. The number of sulfonamides is 1. The molecular weight excluding hydrogens is 440 g/mol. The van der Waals surface area contributed by atoms with Crippen molar-refractivity contribution >= 4 is 42.6 Å². The van der Waals surface area contributed by atoms with E-state index in [0.29, 0.717) is 35.6 Å². The van der Waals surface area contributed by atoms with Gasteiger partial charge in [-0.25, -0.2) is 8.42 Å². The number of aliphatic imine (C=N–C) groups is 1. The van der Waals surface area contributed by atoms with E-state index in [-0.39, 0.29) is 4.90 Å². The Labute approximate surface area is 172 Å². The topological polar surface area (TPSA) is 59.0 Å². The SMILES string of the molecule is COc1cc(S(=O)(=O)N2CCN=C2Cc2cccc3ccccc23)ccc1Br. The van der Waals surface area contributed by atoms with Gasteiger partial charge in [0.05, 0.1) is 29.6 Å². The van der Waals surface area contributed by atoms with Crippen LogP contribution in [0.3, 0.4) is 0 Å². The summed E-state index contributed by atoms with van der Waals surface area (Å²) >= 11 is 3.36. The highest BCUT2D eigenvalue weighted by atomic mass is 79.9. The lowest BCUT2D eigenvalue weighted by Gasteiger charge is -2.21. The number of benzene rings is 3. The van der Waals surface area contributed by atoms with Crippen LogP contribution in [0.25, 0.3) is 10.8 Å². The molecule has 3 aromatic rings. The molecule has 144 valence electrons. The summed E-state index contributed by atoms with van der Waals surface area (Å²) in [4.78, 5) is 4.69. The van der Waals surface area contributed by atoms with Crippen molar-refractivity contribution in [2.24, 2.45) is 4.99 Å². The van der Waals surface area contributed by atoms with Crippen molar-refractivity contribution < 1.29 is 13.2 Å². The zero-order valence-corrected chi connectivity index (χ0v) is 17.7. The Kier molecular flexibility index (Phi) is 5.12. The van der Waals surface area contributed by atoms with Crippen LogP contribution in [0.2, 0.25) is 0 Å². The molecule has 0 saturated heterocycles. The van der Waals surface area contributed by atoms with Crippen LogP contribution >= 0.6 is 15.9 Å². The molecule has 0 atom stereocenters. The fourth-order valence-electron chi connectivity index (χ4n) is 3.43. The Hall–Kier alpha value is -2.38. The first-order valence-electron chi connectivity index (χ1n) is 8.87. The number of halogens is 1. The molecule has 1 aliphatic rings. The third kappa shape index (κ3) is 3.40. The maximum Gasteiger partial charge on any atom is 0.265 e. The smallest absolute Gasteiger partial charge is 0.265 e. The van der Waals surface area contributed by atoms with Crippen molar-refractivity contribution in [2.45, 2.75) is 11.3 Å². The van der Waals surface area contributed by atoms with Crippen molar-refractivity contribution in [3.05, 3.63) is 70.7 Å². The van der Waals surface area contributed by atoms with Gasteiger partial charge < -0.3 is 4.74 Å². The highest BCUT2D eigenvalue weighted by Crippen LogP contribution is 2.30. The quantitative estimate of drug-likeness (QED) is 0.573. The third-order valence-electron chi connectivity index (χ3n) is 4.82. The molecule has 0 aromatic heterocycles. The summed E-state index contributed by atoms with van der Waals surface area (Å²) in [5.41, 5.74) is 1.06. The van der Waals surface area contributed by atoms with Crippen molar-refractivity contribution in [1.82, 2.24) is 4.31 Å². The molecule has 1 aliphatic heterocycles. The zero-order chi connectivity index (χ0) is 19.7. The van der Waals surface area contributed by atoms with E-state index in [9.17, 15) is 8.42 Å². The fourth-order valence-corrected chi connectivity index (χ4v) is 5.31. The number of nitrogens with zero attached hydrogens (tertiary/aromatic N) is 2. The van der Waals surface area contributed by atoms with Gasteiger partial charge in [0.15, 0.2) is 0 Å². The van der Waals surface area contributed by atoms with Gasteiger partial charge in [-0.2, -0.15) is 0 Å². The molecular formula is C21H19BrN2O3S. The van der Waals surface area contributed by atoms with Gasteiger partial charge in [-0.15, -0.1) is 0 Å². The third-order valence-corrected chi connectivity index (χ3v) is 7.30. The number of rotatable bonds is 5. The highest BCUT2D eigenvalue weighted by Gasteiger charge is 2.31. The molecule has 0 saturated carbocycles. The van der Waals surface area contributed by atoms with Crippen LogP contribution in [0.4, 0.5) is 0 Å². The average molecular weight is 459 g/mol. The first-order valence-corrected chi connectivity index (χ1v) is 11.1. The Bertz CT molecular complexity index is 1170. The molecule has 0 spiro atoms. The molecule has 3 aromatic carbocycles. The predicted octanol–water partition coefficient (Wildman–Crippen LogP) is 4.26. The largest absolute Gasteiger partial charge is 0.496 e. The first kappa shape index (κ1) is 19.0. The molecule has 0 radical (unpaired) electrons. The standard InChI is InChI=1S/C21H19BrN2O3S/c1-27-20-14-17(9-10-19(20)22)28(25,26)24-12-11-23-21(24)13-16-7-4-6-15-5-2-3-8-18(15)16/h2-10,14H,11-13H2,1H3. The Balaban J connectivity index is 1.68. The molecule has 0 amide bonds. The summed E-state index contributed by atoms with van der Waals surface area (Å²) in [5.74, 6) is 1.05. The highest BCUT2D eigenvalue weighted by molar-refractivity contribution is 9.10. The van der Waals surface area contributed by atoms with Crippen LogP contribution in [0.5, 0.6) is 5.75 Å². The molecule has 5 nitrogen and oxygen atoms in total. The van der Waals surface area contributed by atoms with E-state index in [2.05, 4.69) is 39.1 Å². The number of hydrogen-bond acceptors (Lipinski definition) is 4. The molecule has 0 unspecified atom stereocenters. The summed E-state index contributed by atoms with van der Waals surface area (Å²) in [5, 5.41) is 2.24. The Morgan fingerprint density at radius 1 is 1.11 bits per heavy atom. The van der Waals surface area contributed by atoms with Gasteiger partial charge >= 0.3 is 0 Å². The summed E-state index contributed by atoms with van der Waals surface area (Å²) in [7, 11) is -2.20. The Morgan fingerprint density at radius 3 is 2.71 bits per heavy atom. The van der Waals surface area contributed by atoms with Crippen LogP contribution in [0.15, 0.2) is 75.0 Å². The lowest BCUT2D eigenvalue weighted by atomic mass is 10.0. The van der Waals surface area contributed by atoms with Gasteiger partial charge in [-0.05, 0) is 44.4 Å². The van der Waals surface area contributed by atoms with E-state index in [1.54, 1.807) is 12.1 Å². The summed E-state index contributed by atoms with van der Waals surface area (Å²) < 4.78 is 33.9. The Morgan fingerprint density at radius 2 is 1.89 bits per heavy atom. The minimum absolute atomic E-state index is 0.195. The number of hydrogen-bond donors (Lipinski definition) is 0. The zero-order valence-electron chi connectivity index (χ0n) is 15.3. The fraction of sp³-hybridized carbons (Fsp3) is 0.190. The van der Waals surface area contributed by atoms with Crippen LogP contribution in [-0.2, 0) is 16.4 Å². The number of fused-ring (bicyclic) bond motifs is 1. The van der Waals surface area contributed by atoms with E-state index >= 15 is 0 Å². The van der Waals surface area contributed by atoms with Crippen LogP contribution in [0.1, 0.15) is 5.56 Å². The molecule has 0 aliphatic carbocycles. The molecule has 0 bridgehead atoms. The molecule has 1 heterocycles. The van der Waals surface area contributed by atoms with Gasteiger partial charge in [-0.1, -0.05) is 42.5 Å². The van der Waals surface area contributed by atoms with Crippen LogP contribution in [0, 0.1) is 0 Å². The van der Waals surface area contributed by atoms with Crippen molar-refractivity contribution in [2.75, 3.05) is 20.2 Å². The summed E-state index contributed by atoms with van der Waals surface area (Å²) in [6.07, 6.45) is 0.467. The summed E-state index contributed by atoms with van der Waals surface area (Å²) in [6, 6.07) is 19.0. The minimum Gasteiger partial charge on any atom is -0.496 e. The van der Waals surface area contributed by atoms with Crippen LogP contribution < -0.4 is 4.74 Å². The maximum absolute atomic E-state index is 13.3. The van der Waals surface area contributed by atoms with Crippen molar-refractivity contribution in [1.29, 1.82) is 0 Å². The first-order chi connectivity index (χ1) is 13.5. The lowest BCUT2D eigenvalue weighted by molar-refractivity contribution is 0.410. The monoisotopic (exact) mass is 458 g/mol. The van der Waals surface area contributed by atoms with Gasteiger partial charge in [0.2, 0.25) is 0 Å². The molecule has 0 fully saturated rings. The number of ether oxygens (including phenoxy) is 1. The maximum atomic E-state index is 13.3. The molecule has 4 rings (SSSR count).